The minimum atomic E-state index is -0.313. The molecule has 0 aliphatic heterocycles. The first kappa shape index (κ1) is 20.1. The molecule has 140 valence electrons. The molecule has 0 aromatic heterocycles. The second-order valence-corrected chi connectivity index (χ2v) is 6.51. The summed E-state index contributed by atoms with van der Waals surface area (Å²) >= 11 is 0. The fourth-order valence-corrected chi connectivity index (χ4v) is 2.71. The van der Waals surface area contributed by atoms with E-state index >= 15 is 0 Å². The van der Waals surface area contributed by atoms with Gasteiger partial charge in [-0.1, -0.05) is 50.2 Å². The van der Waals surface area contributed by atoms with Gasteiger partial charge in [-0.2, -0.15) is 0 Å². The van der Waals surface area contributed by atoms with E-state index in [0.717, 1.165) is 11.1 Å². The maximum Gasteiger partial charge on any atom is 0.338 e. The molecule has 2 aromatic rings. The molecule has 4 heteroatoms. The molecule has 0 saturated heterocycles. The topological polar surface area (TPSA) is 44.8 Å². The first-order valence-electron chi connectivity index (χ1n) is 9.05. The van der Waals surface area contributed by atoms with Crippen molar-refractivity contribution in [3.8, 4) is 0 Å². The van der Waals surface area contributed by atoms with Gasteiger partial charge >= 0.3 is 5.97 Å². The van der Waals surface area contributed by atoms with Crippen LogP contribution in [0.4, 0.5) is 0 Å². The summed E-state index contributed by atoms with van der Waals surface area (Å²) in [6.07, 6.45) is 0. The summed E-state index contributed by atoms with van der Waals surface area (Å²) in [5.74, 6) is 0.130. The maximum atomic E-state index is 12.1. The van der Waals surface area contributed by atoms with Gasteiger partial charge in [-0.25, -0.2) is 4.79 Å². The van der Waals surface area contributed by atoms with E-state index in [4.69, 9.17) is 14.2 Å². The first-order valence-corrected chi connectivity index (χ1v) is 9.05. The van der Waals surface area contributed by atoms with Crippen molar-refractivity contribution in [2.45, 2.75) is 33.3 Å². The lowest BCUT2D eigenvalue weighted by Crippen LogP contribution is -2.13. The van der Waals surface area contributed by atoms with E-state index in [2.05, 4.69) is 13.8 Å². The van der Waals surface area contributed by atoms with Crippen molar-refractivity contribution in [3.63, 3.8) is 0 Å². The number of ether oxygens (including phenoxy) is 3. The molecule has 0 aliphatic carbocycles. The van der Waals surface area contributed by atoms with Crippen LogP contribution in [0.25, 0.3) is 0 Å². The Bertz CT molecular complexity index is 680. The van der Waals surface area contributed by atoms with Crippen LogP contribution in [0.15, 0.2) is 48.5 Å². The molecule has 26 heavy (non-hydrogen) atoms. The predicted octanol–water partition coefficient (Wildman–Crippen LogP) is 4.51. The fraction of sp³-hybridized carbons (Fsp3) is 0.409. The molecule has 0 atom stereocenters. The highest BCUT2D eigenvalue weighted by Gasteiger charge is 2.10. The van der Waals surface area contributed by atoms with E-state index in [1.54, 1.807) is 0 Å². The summed E-state index contributed by atoms with van der Waals surface area (Å²) in [7, 11) is 0. The van der Waals surface area contributed by atoms with Crippen LogP contribution in [-0.2, 0) is 20.8 Å². The van der Waals surface area contributed by atoms with Crippen LogP contribution in [0.3, 0.4) is 0 Å². The Hall–Kier alpha value is -2.17. The summed E-state index contributed by atoms with van der Waals surface area (Å²) in [5.41, 5.74) is 4.08. The molecule has 0 fully saturated rings. The van der Waals surface area contributed by atoms with E-state index in [1.165, 1.54) is 5.56 Å². The van der Waals surface area contributed by atoms with Crippen molar-refractivity contribution in [2.75, 3.05) is 26.4 Å². The molecule has 0 heterocycles. The summed E-state index contributed by atoms with van der Waals surface area (Å²) in [6, 6.07) is 15.7. The van der Waals surface area contributed by atoms with Gasteiger partial charge in [0, 0.05) is 0 Å². The quantitative estimate of drug-likeness (QED) is 0.464. The summed E-state index contributed by atoms with van der Waals surface area (Å²) in [6.45, 7) is 8.47. The van der Waals surface area contributed by atoms with E-state index in [0.29, 0.717) is 37.9 Å². The molecule has 4 nitrogen and oxygen atoms in total. The van der Waals surface area contributed by atoms with Crippen LogP contribution in [0, 0.1) is 6.92 Å². The standard InChI is InChI=1S/C22H28O4/c1-17(2)21-10-9-20(15-18(21)3)22(23)26-14-13-24-11-12-25-16-19-7-5-4-6-8-19/h4-10,15,17H,11-14,16H2,1-3H3. The average Bonchev–Trinajstić information content (AvgIpc) is 2.64. The molecule has 0 saturated carbocycles. The molecule has 0 amide bonds. The third-order valence-corrected chi connectivity index (χ3v) is 4.07. The second-order valence-electron chi connectivity index (χ2n) is 6.51. The molecular weight excluding hydrogens is 328 g/mol. The third-order valence-electron chi connectivity index (χ3n) is 4.07. The largest absolute Gasteiger partial charge is 0.460 e. The smallest absolute Gasteiger partial charge is 0.338 e. The molecule has 0 aliphatic rings. The third kappa shape index (κ3) is 6.62. The molecule has 0 radical (unpaired) electrons. The average molecular weight is 356 g/mol. The summed E-state index contributed by atoms with van der Waals surface area (Å²) in [5, 5.41) is 0. The van der Waals surface area contributed by atoms with E-state index in [-0.39, 0.29) is 12.6 Å². The highest BCUT2D eigenvalue weighted by molar-refractivity contribution is 5.89. The summed E-state index contributed by atoms with van der Waals surface area (Å²) < 4.78 is 16.2. The Morgan fingerprint density at radius 2 is 1.62 bits per heavy atom. The second kappa shape index (κ2) is 10.7. The Balaban J connectivity index is 1.58. The lowest BCUT2D eigenvalue weighted by atomic mass is 9.96. The van der Waals surface area contributed by atoms with Gasteiger partial charge in [0.05, 0.1) is 32.0 Å². The van der Waals surface area contributed by atoms with E-state index < -0.39 is 0 Å². The number of rotatable bonds is 10. The van der Waals surface area contributed by atoms with Gasteiger partial charge in [0.1, 0.15) is 6.61 Å². The van der Waals surface area contributed by atoms with Gasteiger partial charge in [0.2, 0.25) is 0 Å². The molecule has 2 aromatic carbocycles. The monoisotopic (exact) mass is 356 g/mol. The lowest BCUT2D eigenvalue weighted by molar-refractivity contribution is 0.0116. The van der Waals surface area contributed by atoms with Crippen LogP contribution in [0.5, 0.6) is 0 Å². The van der Waals surface area contributed by atoms with Gasteiger partial charge < -0.3 is 14.2 Å². The van der Waals surface area contributed by atoms with Crippen LogP contribution >= 0.6 is 0 Å². The Morgan fingerprint density at radius 1 is 0.923 bits per heavy atom. The minimum absolute atomic E-state index is 0.239. The van der Waals surface area contributed by atoms with Gasteiger partial charge in [-0.3, -0.25) is 0 Å². The maximum absolute atomic E-state index is 12.1. The van der Waals surface area contributed by atoms with Gasteiger partial charge in [0.15, 0.2) is 0 Å². The number of carbonyl (C=O) groups is 1. The number of carbonyl (C=O) groups excluding carboxylic acids is 1. The number of hydrogen-bond donors (Lipinski definition) is 0. The zero-order valence-corrected chi connectivity index (χ0v) is 15.9. The fourth-order valence-electron chi connectivity index (χ4n) is 2.71. The molecular formula is C22H28O4. The van der Waals surface area contributed by atoms with Crippen LogP contribution in [-0.4, -0.2) is 32.4 Å². The zero-order chi connectivity index (χ0) is 18.8. The van der Waals surface area contributed by atoms with Crippen molar-refractivity contribution in [3.05, 3.63) is 70.8 Å². The predicted molar refractivity (Wildman–Crippen MR) is 102 cm³/mol. The van der Waals surface area contributed by atoms with Crippen LogP contribution in [0.2, 0.25) is 0 Å². The molecule has 0 bridgehead atoms. The van der Waals surface area contributed by atoms with Crippen LogP contribution in [0.1, 0.15) is 46.8 Å². The minimum Gasteiger partial charge on any atom is -0.460 e. The highest BCUT2D eigenvalue weighted by atomic mass is 16.6. The van der Waals surface area contributed by atoms with Gasteiger partial charge in [-0.05, 0) is 41.7 Å². The first-order chi connectivity index (χ1) is 12.6. The van der Waals surface area contributed by atoms with Crippen LogP contribution < -0.4 is 0 Å². The highest BCUT2D eigenvalue weighted by Crippen LogP contribution is 2.20. The number of hydrogen-bond acceptors (Lipinski definition) is 4. The normalized spacial score (nSPS) is 10.9. The summed E-state index contributed by atoms with van der Waals surface area (Å²) in [4.78, 5) is 12.1. The van der Waals surface area contributed by atoms with E-state index in [1.807, 2.05) is 55.5 Å². The SMILES string of the molecule is Cc1cc(C(=O)OCCOCCOCc2ccccc2)ccc1C(C)C. The molecule has 0 unspecified atom stereocenters. The van der Waals surface area contributed by atoms with Crippen molar-refractivity contribution >= 4 is 5.97 Å². The van der Waals surface area contributed by atoms with E-state index in [9.17, 15) is 4.79 Å². The van der Waals surface area contributed by atoms with Crippen molar-refractivity contribution in [1.82, 2.24) is 0 Å². The number of esters is 1. The Morgan fingerprint density at radius 3 is 2.31 bits per heavy atom. The van der Waals surface area contributed by atoms with Gasteiger partial charge in [0.25, 0.3) is 0 Å². The number of aryl methyl sites for hydroxylation is 1. The Kier molecular flexibility index (Phi) is 8.32. The van der Waals surface area contributed by atoms with Gasteiger partial charge in [-0.15, -0.1) is 0 Å². The van der Waals surface area contributed by atoms with Crippen molar-refractivity contribution in [2.24, 2.45) is 0 Å². The molecule has 2 rings (SSSR count). The Labute approximate surface area is 156 Å². The molecule has 0 N–H and O–H groups in total. The molecule has 0 spiro atoms. The van der Waals surface area contributed by atoms with Crippen molar-refractivity contribution < 1.29 is 19.0 Å². The zero-order valence-electron chi connectivity index (χ0n) is 15.9. The number of benzene rings is 2. The lowest BCUT2D eigenvalue weighted by Gasteiger charge is -2.11. The van der Waals surface area contributed by atoms with Crippen molar-refractivity contribution in [1.29, 1.82) is 0 Å².